The van der Waals surface area contributed by atoms with E-state index in [1.807, 2.05) is 24.3 Å². The van der Waals surface area contributed by atoms with Crippen molar-refractivity contribution in [3.63, 3.8) is 0 Å². The number of esters is 1. The normalized spacial score (nSPS) is 18.0. The maximum Gasteiger partial charge on any atom is 0.334 e. The van der Waals surface area contributed by atoms with Crippen molar-refractivity contribution in [2.45, 2.75) is 12.5 Å². The molecule has 0 N–H and O–H groups in total. The van der Waals surface area contributed by atoms with Crippen LogP contribution in [0.3, 0.4) is 0 Å². The summed E-state index contributed by atoms with van der Waals surface area (Å²) in [4.78, 5) is 11.3. The average molecular weight is 290 g/mol. The van der Waals surface area contributed by atoms with Gasteiger partial charge in [0, 0.05) is 12.0 Å². The number of carbonyl (C=O) groups excluding carboxylic acids is 1. The average Bonchev–Trinajstić information content (AvgIpc) is 2.82. The van der Waals surface area contributed by atoms with Crippen molar-refractivity contribution in [2.24, 2.45) is 0 Å². The van der Waals surface area contributed by atoms with Crippen LogP contribution in [0.1, 0.15) is 12.0 Å². The summed E-state index contributed by atoms with van der Waals surface area (Å²) in [6.45, 7) is 3.65. The van der Waals surface area contributed by atoms with Crippen molar-refractivity contribution in [3.05, 3.63) is 35.9 Å². The van der Waals surface area contributed by atoms with E-state index in [2.05, 4.69) is 6.58 Å². The van der Waals surface area contributed by atoms with Gasteiger partial charge in [-0.25, -0.2) is 4.79 Å². The summed E-state index contributed by atoms with van der Waals surface area (Å²) in [7, 11) is 4.68. The highest BCUT2D eigenvalue weighted by molar-refractivity contribution is 5.90. The molecule has 112 valence electrons. The lowest BCUT2D eigenvalue weighted by molar-refractivity contribution is -0.137. The molecule has 5 heteroatoms. The van der Waals surface area contributed by atoms with Crippen LogP contribution in [0.15, 0.2) is 30.4 Å². The fourth-order valence-corrected chi connectivity index (χ4v) is 2.11. The molecule has 1 atom stereocenters. The number of cyclic esters (lactones) is 1. The minimum absolute atomic E-state index is 0.274. The van der Waals surface area contributed by atoms with Crippen LogP contribution in [0.2, 0.25) is 0 Å². The summed E-state index contributed by atoms with van der Waals surface area (Å²) >= 11 is 0. The van der Waals surface area contributed by atoms with Gasteiger partial charge in [-0.3, -0.25) is 0 Å². The molecule has 1 unspecified atom stereocenters. The number of hydrogen-bond donors (Lipinski definition) is 0. The van der Waals surface area contributed by atoms with Crippen molar-refractivity contribution in [1.82, 2.24) is 0 Å². The molecular weight excluding hydrogens is 272 g/mol. The second-order valence-electron chi connectivity index (χ2n) is 4.57. The number of benzene rings is 1. The topological polar surface area (TPSA) is 54.0 Å². The van der Waals surface area contributed by atoms with Crippen LogP contribution in [0.5, 0.6) is 17.2 Å². The highest BCUT2D eigenvalue weighted by Crippen LogP contribution is 2.38. The summed E-state index contributed by atoms with van der Waals surface area (Å²) in [6.07, 6.45) is 3.90. The molecule has 5 nitrogen and oxygen atoms in total. The molecule has 21 heavy (non-hydrogen) atoms. The molecule has 0 saturated carbocycles. The van der Waals surface area contributed by atoms with E-state index in [1.165, 1.54) is 0 Å². The maximum absolute atomic E-state index is 11.3. The first-order valence-corrected chi connectivity index (χ1v) is 6.46. The zero-order valence-corrected chi connectivity index (χ0v) is 12.3. The number of rotatable bonds is 5. The Morgan fingerprint density at radius 3 is 2.24 bits per heavy atom. The summed E-state index contributed by atoms with van der Waals surface area (Å²) in [5, 5.41) is 0. The van der Waals surface area contributed by atoms with Crippen molar-refractivity contribution >= 4 is 12.0 Å². The third-order valence-corrected chi connectivity index (χ3v) is 3.19. The summed E-state index contributed by atoms with van der Waals surface area (Å²) in [6, 6.07) is 3.65. The Morgan fingerprint density at radius 2 is 1.81 bits per heavy atom. The van der Waals surface area contributed by atoms with Crippen LogP contribution >= 0.6 is 0 Å². The molecule has 1 aromatic carbocycles. The third kappa shape index (κ3) is 3.18. The Hall–Kier alpha value is -2.43. The van der Waals surface area contributed by atoms with Gasteiger partial charge in [0.15, 0.2) is 11.5 Å². The second-order valence-corrected chi connectivity index (χ2v) is 4.57. The minimum Gasteiger partial charge on any atom is -0.493 e. The molecule has 1 aromatic rings. The molecule has 0 amide bonds. The summed E-state index contributed by atoms with van der Waals surface area (Å²) < 4.78 is 21.0. The van der Waals surface area contributed by atoms with E-state index < -0.39 is 0 Å². The smallest absolute Gasteiger partial charge is 0.334 e. The molecule has 2 rings (SSSR count). The molecule has 0 spiro atoms. The highest BCUT2D eigenvalue weighted by Gasteiger charge is 2.25. The van der Waals surface area contributed by atoms with Crippen LogP contribution in [0, 0.1) is 0 Å². The second kappa shape index (κ2) is 6.35. The highest BCUT2D eigenvalue weighted by atomic mass is 16.5. The predicted molar refractivity (Wildman–Crippen MR) is 78.8 cm³/mol. The predicted octanol–water partition coefficient (Wildman–Crippen LogP) is 2.60. The molecule has 1 aliphatic rings. The van der Waals surface area contributed by atoms with Crippen LogP contribution in [-0.4, -0.2) is 33.4 Å². The van der Waals surface area contributed by atoms with Gasteiger partial charge in [-0.15, -0.1) is 0 Å². The van der Waals surface area contributed by atoms with Gasteiger partial charge in [0.25, 0.3) is 0 Å². The first kappa shape index (κ1) is 15.0. The Morgan fingerprint density at radius 1 is 1.19 bits per heavy atom. The van der Waals surface area contributed by atoms with Gasteiger partial charge in [-0.05, 0) is 23.8 Å². The lowest BCUT2D eigenvalue weighted by atomic mass is 10.1. The summed E-state index contributed by atoms with van der Waals surface area (Å²) in [5.41, 5.74) is 1.35. The number of carbonyl (C=O) groups is 1. The molecule has 1 saturated heterocycles. The lowest BCUT2D eigenvalue weighted by Gasteiger charge is -2.13. The fourth-order valence-electron chi connectivity index (χ4n) is 2.11. The largest absolute Gasteiger partial charge is 0.493 e. The Kier molecular flexibility index (Phi) is 4.52. The molecule has 0 radical (unpaired) electrons. The number of hydrogen-bond acceptors (Lipinski definition) is 5. The standard InChI is InChI=1S/C16H18O5/c1-10-7-12(21-16(10)17)6-5-11-8-13(18-2)15(20-4)14(9-11)19-3/h5-6,8-9,12H,1,7H2,2-4H3/b6-5+. The SMILES string of the molecule is C=C1CC(/C=C/c2cc(OC)c(OC)c(OC)c2)OC1=O. The van der Waals surface area contributed by atoms with E-state index >= 15 is 0 Å². The van der Waals surface area contributed by atoms with Crippen molar-refractivity contribution < 1.29 is 23.7 Å². The Balaban J connectivity index is 2.24. The molecular formula is C16H18O5. The van der Waals surface area contributed by atoms with E-state index in [4.69, 9.17) is 18.9 Å². The summed E-state index contributed by atoms with van der Waals surface area (Å²) in [5.74, 6) is 1.35. The molecule has 1 fully saturated rings. The van der Waals surface area contributed by atoms with Crippen molar-refractivity contribution in [1.29, 1.82) is 0 Å². The monoisotopic (exact) mass is 290 g/mol. The van der Waals surface area contributed by atoms with Gasteiger partial charge < -0.3 is 18.9 Å². The zero-order chi connectivity index (χ0) is 15.4. The Bertz CT molecular complexity index is 547. The lowest BCUT2D eigenvalue weighted by Crippen LogP contribution is -2.02. The quantitative estimate of drug-likeness (QED) is 0.616. The molecule has 1 aliphatic heterocycles. The van der Waals surface area contributed by atoms with E-state index in [-0.39, 0.29) is 12.1 Å². The van der Waals surface area contributed by atoms with E-state index in [0.29, 0.717) is 29.2 Å². The Labute approximate surface area is 123 Å². The van der Waals surface area contributed by atoms with Gasteiger partial charge in [-0.2, -0.15) is 0 Å². The van der Waals surface area contributed by atoms with E-state index in [9.17, 15) is 4.79 Å². The number of ether oxygens (including phenoxy) is 4. The van der Waals surface area contributed by atoms with Crippen LogP contribution < -0.4 is 14.2 Å². The van der Waals surface area contributed by atoms with Crippen LogP contribution in [-0.2, 0) is 9.53 Å². The zero-order valence-electron chi connectivity index (χ0n) is 12.3. The fraction of sp³-hybridized carbons (Fsp3) is 0.312. The van der Waals surface area contributed by atoms with Gasteiger partial charge in [-0.1, -0.05) is 12.7 Å². The molecule has 0 bridgehead atoms. The molecule has 1 heterocycles. The van der Waals surface area contributed by atoms with Gasteiger partial charge in [0.1, 0.15) is 6.10 Å². The maximum atomic E-state index is 11.3. The van der Waals surface area contributed by atoms with Gasteiger partial charge >= 0.3 is 5.97 Å². The molecule has 0 aromatic heterocycles. The van der Waals surface area contributed by atoms with Crippen molar-refractivity contribution in [3.8, 4) is 17.2 Å². The first-order chi connectivity index (χ1) is 10.1. The van der Waals surface area contributed by atoms with E-state index in [1.54, 1.807) is 21.3 Å². The first-order valence-electron chi connectivity index (χ1n) is 6.46. The van der Waals surface area contributed by atoms with E-state index in [0.717, 1.165) is 5.56 Å². The van der Waals surface area contributed by atoms with Crippen LogP contribution in [0.25, 0.3) is 6.08 Å². The molecule has 0 aliphatic carbocycles. The minimum atomic E-state index is -0.338. The number of methoxy groups -OCH3 is 3. The van der Waals surface area contributed by atoms with Crippen LogP contribution in [0.4, 0.5) is 0 Å². The van der Waals surface area contributed by atoms with Crippen molar-refractivity contribution in [2.75, 3.05) is 21.3 Å². The third-order valence-electron chi connectivity index (χ3n) is 3.19. The van der Waals surface area contributed by atoms with Gasteiger partial charge in [0.2, 0.25) is 5.75 Å². The van der Waals surface area contributed by atoms with Gasteiger partial charge in [0.05, 0.1) is 21.3 Å².